The van der Waals surface area contributed by atoms with Crippen LogP contribution >= 0.6 is 11.3 Å². The van der Waals surface area contributed by atoms with Crippen molar-refractivity contribution in [2.75, 3.05) is 6.54 Å². The summed E-state index contributed by atoms with van der Waals surface area (Å²) in [5, 5.41) is 8.12. The third-order valence-electron chi connectivity index (χ3n) is 2.23. The zero-order valence-electron chi connectivity index (χ0n) is 10.9. The molecule has 3 nitrogen and oxygen atoms in total. The molecular weight excluding hydrogens is 218 g/mol. The molecule has 0 saturated heterocycles. The van der Waals surface area contributed by atoms with Crippen molar-refractivity contribution >= 4 is 11.3 Å². The zero-order valence-corrected chi connectivity index (χ0v) is 11.7. The van der Waals surface area contributed by atoms with E-state index in [0.29, 0.717) is 6.04 Å². The van der Waals surface area contributed by atoms with E-state index < -0.39 is 0 Å². The number of aryl methyl sites for hydroxylation is 1. The first kappa shape index (κ1) is 13.6. The molecular formula is C12H23N3S. The Kier molecular flexibility index (Phi) is 4.89. The molecule has 2 N–H and O–H groups in total. The largest absolute Gasteiger partial charge is 0.311 e. The number of hydrogen-bond acceptors (Lipinski definition) is 4. The van der Waals surface area contributed by atoms with E-state index in [-0.39, 0.29) is 5.54 Å². The van der Waals surface area contributed by atoms with Crippen molar-refractivity contribution in [2.45, 2.75) is 52.7 Å². The van der Waals surface area contributed by atoms with E-state index >= 15 is 0 Å². The lowest BCUT2D eigenvalue weighted by atomic mass is 10.1. The number of hydrogen-bond donors (Lipinski definition) is 2. The van der Waals surface area contributed by atoms with Crippen molar-refractivity contribution in [1.82, 2.24) is 15.6 Å². The maximum absolute atomic E-state index is 4.24. The van der Waals surface area contributed by atoms with Gasteiger partial charge in [0.25, 0.3) is 0 Å². The van der Waals surface area contributed by atoms with Crippen molar-refractivity contribution in [3.8, 4) is 0 Å². The number of nitrogens with one attached hydrogen (secondary N) is 2. The zero-order chi connectivity index (χ0) is 12.2. The molecule has 1 aromatic heterocycles. The normalized spacial score (nSPS) is 14.1. The number of nitrogens with zero attached hydrogens (tertiary/aromatic N) is 1. The van der Waals surface area contributed by atoms with Gasteiger partial charge in [-0.25, -0.2) is 4.98 Å². The molecule has 0 aliphatic heterocycles. The first-order valence-electron chi connectivity index (χ1n) is 5.76. The summed E-state index contributed by atoms with van der Waals surface area (Å²) in [7, 11) is 0. The Balaban J connectivity index is 2.22. The quantitative estimate of drug-likeness (QED) is 0.830. The van der Waals surface area contributed by atoms with Crippen LogP contribution in [0.5, 0.6) is 0 Å². The van der Waals surface area contributed by atoms with Crippen molar-refractivity contribution < 1.29 is 0 Å². The topological polar surface area (TPSA) is 37.0 Å². The van der Waals surface area contributed by atoms with Gasteiger partial charge < -0.3 is 10.6 Å². The molecule has 0 amide bonds. The molecule has 0 aliphatic rings. The molecule has 4 heteroatoms. The van der Waals surface area contributed by atoms with Gasteiger partial charge >= 0.3 is 0 Å². The van der Waals surface area contributed by atoms with Crippen LogP contribution in [-0.2, 0) is 6.54 Å². The van der Waals surface area contributed by atoms with Gasteiger partial charge in [0.1, 0.15) is 0 Å². The summed E-state index contributed by atoms with van der Waals surface area (Å²) in [6.45, 7) is 12.7. The summed E-state index contributed by atoms with van der Waals surface area (Å²) in [6.07, 6.45) is 1.96. The molecule has 1 heterocycles. The van der Waals surface area contributed by atoms with E-state index in [1.807, 2.05) is 13.1 Å². The number of thiazole rings is 1. The Hall–Kier alpha value is -0.450. The van der Waals surface area contributed by atoms with Crippen molar-refractivity contribution in [3.05, 3.63) is 16.1 Å². The van der Waals surface area contributed by atoms with Crippen LogP contribution in [0.4, 0.5) is 0 Å². The molecule has 0 saturated carbocycles. The molecule has 0 fully saturated rings. The first-order chi connectivity index (χ1) is 7.37. The van der Waals surface area contributed by atoms with Crippen LogP contribution in [0.15, 0.2) is 6.20 Å². The fourth-order valence-electron chi connectivity index (χ4n) is 1.29. The molecule has 0 aliphatic carbocycles. The maximum Gasteiger partial charge on any atom is 0.0897 e. The summed E-state index contributed by atoms with van der Waals surface area (Å²) < 4.78 is 0. The maximum atomic E-state index is 4.24. The average Bonchev–Trinajstić information content (AvgIpc) is 2.57. The monoisotopic (exact) mass is 241 g/mol. The van der Waals surface area contributed by atoms with E-state index in [1.54, 1.807) is 11.3 Å². The molecule has 0 radical (unpaired) electrons. The van der Waals surface area contributed by atoms with Gasteiger partial charge in [0.05, 0.1) is 5.01 Å². The second kappa shape index (κ2) is 5.75. The third kappa shape index (κ3) is 5.58. The van der Waals surface area contributed by atoms with E-state index in [9.17, 15) is 0 Å². The molecule has 92 valence electrons. The highest BCUT2D eigenvalue weighted by Crippen LogP contribution is 2.10. The molecule has 0 aromatic carbocycles. The smallest absolute Gasteiger partial charge is 0.0897 e. The predicted octanol–water partition coefficient (Wildman–Crippen LogP) is 2.32. The van der Waals surface area contributed by atoms with E-state index in [0.717, 1.165) is 18.1 Å². The number of aromatic nitrogens is 1. The highest BCUT2D eigenvalue weighted by atomic mass is 32.1. The lowest BCUT2D eigenvalue weighted by molar-refractivity contribution is 0.388. The summed E-state index contributed by atoms with van der Waals surface area (Å²) in [6, 6.07) is 0.474. The lowest BCUT2D eigenvalue weighted by Crippen LogP contribution is -2.44. The summed E-state index contributed by atoms with van der Waals surface area (Å²) in [5.74, 6) is 0. The molecule has 0 spiro atoms. The fraction of sp³-hybridized carbons (Fsp3) is 0.750. The fourth-order valence-corrected chi connectivity index (χ4v) is 2.04. The highest BCUT2D eigenvalue weighted by Gasteiger charge is 2.10. The highest BCUT2D eigenvalue weighted by molar-refractivity contribution is 7.11. The van der Waals surface area contributed by atoms with Crippen LogP contribution in [0.25, 0.3) is 0 Å². The molecule has 0 bridgehead atoms. The van der Waals surface area contributed by atoms with Gasteiger partial charge in [-0.15, -0.1) is 11.3 Å². The second-order valence-electron chi connectivity index (χ2n) is 5.26. The van der Waals surface area contributed by atoms with Gasteiger partial charge in [-0.2, -0.15) is 0 Å². The Morgan fingerprint density at radius 1 is 1.44 bits per heavy atom. The SMILES string of the molecule is Cc1ncc(CNC(C)CNC(C)(C)C)s1. The van der Waals surface area contributed by atoms with Crippen molar-refractivity contribution in [3.63, 3.8) is 0 Å². The van der Waals surface area contributed by atoms with Crippen LogP contribution in [0, 0.1) is 6.92 Å². The molecule has 1 aromatic rings. The Morgan fingerprint density at radius 3 is 2.62 bits per heavy atom. The molecule has 1 atom stereocenters. The summed E-state index contributed by atoms with van der Waals surface area (Å²) in [5.41, 5.74) is 0.191. The lowest BCUT2D eigenvalue weighted by Gasteiger charge is -2.23. The molecule has 1 unspecified atom stereocenters. The van der Waals surface area contributed by atoms with Crippen LogP contribution in [0.3, 0.4) is 0 Å². The minimum atomic E-state index is 0.191. The number of rotatable bonds is 5. The van der Waals surface area contributed by atoms with E-state index in [1.165, 1.54) is 4.88 Å². The average molecular weight is 241 g/mol. The Morgan fingerprint density at radius 2 is 2.12 bits per heavy atom. The van der Waals surface area contributed by atoms with Crippen LogP contribution < -0.4 is 10.6 Å². The van der Waals surface area contributed by atoms with Gasteiger partial charge in [0.2, 0.25) is 0 Å². The third-order valence-corrected chi connectivity index (χ3v) is 3.15. The van der Waals surface area contributed by atoms with Gasteiger partial charge in [-0.1, -0.05) is 0 Å². The molecule has 1 rings (SSSR count). The van der Waals surface area contributed by atoms with Crippen molar-refractivity contribution in [1.29, 1.82) is 0 Å². The minimum Gasteiger partial charge on any atom is -0.311 e. The van der Waals surface area contributed by atoms with Crippen LogP contribution in [-0.4, -0.2) is 23.1 Å². The van der Waals surface area contributed by atoms with Gasteiger partial charge in [-0.3, -0.25) is 0 Å². The first-order valence-corrected chi connectivity index (χ1v) is 6.58. The van der Waals surface area contributed by atoms with Gasteiger partial charge in [0.15, 0.2) is 0 Å². The standard InChI is InChI=1S/C12H23N3S/c1-9(6-15-12(3,4)5)13-7-11-8-14-10(2)16-11/h8-9,13,15H,6-7H2,1-5H3. The Bertz CT molecular complexity index is 314. The summed E-state index contributed by atoms with van der Waals surface area (Å²) in [4.78, 5) is 5.55. The van der Waals surface area contributed by atoms with Crippen LogP contribution in [0.2, 0.25) is 0 Å². The van der Waals surface area contributed by atoms with Gasteiger partial charge in [-0.05, 0) is 34.6 Å². The minimum absolute atomic E-state index is 0.191. The van der Waals surface area contributed by atoms with E-state index in [4.69, 9.17) is 0 Å². The predicted molar refractivity (Wildman–Crippen MR) is 70.9 cm³/mol. The second-order valence-corrected chi connectivity index (χ2v) is 6.58. The Labute approximate surface area is 103 Å². The molecule has 16 heavy (non-hydrogen) atoms. The summed E-state index contributed by atoms with van der Waals surface area (Å²) >= 11 is 1.76. The van der Waals surface area contributed by atoms with Crippen LogP contribution in [0.1, 0.15) is 37.6 Å². The van der Waals surface area contributed by atoms with E-state index in [2.05, 4.69) is 43.3 Å². The van der Waals surface area contributed by atoms with Crippen molar-refractivity contribution in [2.24, 2.45) is 0 Å². The van der Waals surface area contributed by atoms with Gasteiger partial charge in [0, 0.05) is 35.7 Å².